The molecule has 0 aromatic rings. The summed E-state index contributed by atoms with van der Waals surface area (Å²) in [5, 5.41) is 4.62. The van der Waals surface area contributed by atoms with Crippen LogP contribution in [0, 0.1) is 5.92 Å². The number of hydrogen-bond donors (Lipinski definition) is 3. The molecule has 0 aliphatic carbocycles. The minimum Gasteiger partial charge on any atom is -0.341 e. The van der Waals surface area contributed by atoms with Crippen LogP contribution in [-0.2, 0) is 4.79 Å². The van der Waals surface area contributed by atoms with Gasteiger partial charge in [-0.15, -0.1) is 0 Å². The molecule has 6 nitrogen and oxygen atoms in total. The lowest BCUT2D eigenvalue weighted by molar-refractivity contribution is -0.120. The van der Waals surface area contributed by atoms with Gasteiger partial charge in [0.05, 0.1) is 0 Å². The van der Waals surface area contributed by atoms with E-state index in [2.05, 4.69) is 15.5 Å². The lowest BCUT2D eigenvalue weighted by Crippen LogP contribution is -2.44. The molecule has 0 saturated carbocycles. The lowest BCUT2D eigenvalue weighted by Gasteiger charge is -2.34. The van der Waals surface area contributed by atoms with Gasteiger partial charge in [0.25, 0.3) is 0 Å². The first kappa shape index (κ1) is 14.9. The van der Waals surface area contributed by atoms with E-state index in [1.165, 1.54) is 13.5 Å². The Bertz CT molecular complexity index is 294. The van der Waals surface area contributed by atoms with Crippen LogP contribution >= 0.6 is 0 Å². The van der Waals surface area contributed by atoms with E-state index >= 15 is 0 Å². The number of carbonyl (C=O) groups excluding carboxylic acids is 2. The highest BCUT2D eigenvalue weighted by molar-refractivity contribution is 5.94. The molecule has 2 atom stereocenters. The molecule has 1 fully saturated rings. The minimum absolute atomic E-state index is 0.201. The zero-order valence-corrected chi connectivity index (χ0v) is 11.2. The van der Waals surface area contributed by atoms with Gasteiger partial charge in [0, 0.05) is 32.6 Å². The molecule has 0 bridgehead atoms. The first-order valence-electron chi connectivity index (χ1n) is 6.52. The Morgan fingerprint density at radius 1 is 1.50 bits per heavy atom. The third-order valence-corrected chi connectivity index (χ3v) is 3.42. The van der Waals surface area contributed by atoms with Crippen LogP contribution in [0.25, 0.3) is 0 Å². The summed E-state index contributed by atoms with van der Waals surface area (Å²) in [4.78, 5) is 24.6. The predicted molar refractivity (Wildman–Crippen MR) is 70.0 cm³/mol. The Balaban J connectivity index is 2.26. The highest BCUT2D eigenvalue weighted by atomic mass is 16.2. The topological polar surface area (TPSA) is 87.5 Å². The first-order chi connectivity index (χ1) is 8.52. The number of nitrogens with zero attached hydrogens (tertiary/aromatic N) is 1. The van der Waals surface area contributed by atoms with Crippen molar-refractivity contribution in [3.05, 3.63) is 0 Å². The molecule has 0 spiro atoms. The summed E-state index contributed by atoms with van der Waals surface area (Å²) >= 11 is 0. The Kier molecular flexibility index (Phi) is 6.07. The fourth-order valence-corrected chi connectivity index (χ4v) is 2.23. The third-order valence-electron chi connectivity index (χ3n) is 3.42. The number of piperidine rings is 1. The molecule has 4 N–H and O–H groups in total. The van der Waals surface area contributed by atoms with Crippen molar-refractivity contribution >= 4 is 11.9 Å². The van der Waals surface area contributed by atoms with E-state index in [0.717, 1.165) is 19.5 Å². The maximum absolute atomic E-state index is 11.4. The van der Waals surface area contributed by atoms with Gasteiger partial charge in [-0.1, -0.05) is 0 Å². The third kappa shape index (κ3) is 5.01. The number of hydrogen-bond acceptors (Lipinski definition) is 4. The normalized spacial score (nSPS) is 22.3. The molecule has 3 amide bonds. The number of rotatable bonds is 4. The van der Waals surface area contributed by atoms with Crippen LogP contribution in [-0.4, -0.2) is 49.6 Å². The highest BCUT2D eigenvalue weighted by Crippen LogP contribution is 2.18. The van der Waals surface area contributed by atoms with Gasteiger partial charge < -0.3 is 16.0 Å². The maximum Gasteiger partial charge on any atom is 0.321 e. The predicted octanol–water partition coefficient (Wildman–Crippen LogP) is -0.109. The average molecular weight is 256 g/mol. The van der Waals surface area contributed by atoms with Gasteiger partial charge in [-0.3, -0.25) is 10.1 Å². The molecule has 6 heteroatoms. The van der Waals surface area contributed by atoms with Crippen molar-refractivity contribution < 1.29 is 9.59 Å². The standard InChI is InChI=1S/C12H24N4O2/c1-9(13)10-4-3-6-16(8-10)7-5-11(17)15-12(18)14-2/h9-10H,3-8,13H2,1-2H3,(H2,14,15,17,18). The average Bonchev–Trinajstić information content (AvgIpc) is 2.36. The maximum atomic E-state index is 11.4. The van der Waals surface area contributed by atoms with Crippen LogP contribution in [0.15, 0.2) is 0 Å². The molecule has 1 aliphatic rings. The largest absolute Gasteiger partial charge is 0.341 e. The summed E-state index contributed by atoms with van der Waals surface area (Å²) in [5.41, 5.74) is 5.91. The first-order valence-corrected chi connectivity index (χ1v) is 6.52. The van der Waals surface area contributed by atoms with E-state index in [9.17, 15) is 9.59 Å². The second kappa shape index (κ2) is 7.33. The monoisotopic (exact) mass is 256 g/mol. The van der Waals surface area contributed by atoms with Crippen molar-refractivity contribution in [1.82, 2.24) is 15.5 Å². The van der Waals surface area contributed by atoms with E-state index in [-0.39, 0.29) is 11.9 Å². The molecule has 1 aliphatic heterocycles. The molecule has 18 heavy (non-hydrogen) atoms. The van der Waals surface area contributed by atoms with Gasteiger partial charge in [-0.05, 0) is 32.2 Å². The number of amides is 3. The van der Waals surface area contributed by atoms with Gasteiger partial charge in [-0.2, -0.15) is 0 Å². The number of nitrogens with two attached hydrogens (primary N) is 1. The van der Waals surface area contributed by atoms with Crippen molar-refractivity contribution in [2.75, 3.05) is 26.7 Å². The van der Waals surface area contributed by atoms with E-state index in [1.807, 2.05) is 6.92 Å². The Hall–Kier alpha value is -1.14. The van der Waals surface area contributed by atoms with E-state index in [1.54, 1.807) is 0 Å². The molecular weight excluding hydrogens is 232 g/mol. The number of likely N-dealkylation sites (tertiary alicyclic amines) is 1. The van der Waals surface area contributed by atoms with Gasteiger partial charge in [0.15, 0.2) is 0 Å². The van der Waals surface area contributed by atoms with Crippen LogP contribution in [0.4, 0.5) is 4.79 Å². The van der Waals surface area contributed by atoms with Crippen molar-refractivity contribution in [3.8, 4) is 0 Å². The summed E-state index contributed by atoms with van der Waals surface area (Å²) in [5.74, 6) is 0.276. The van der Waals surface area contributed by atoms with Crippen molar-refractivity contribution in [1.29, 1.82) is 0 Å². The summed E-state index contributed by atoms with van der Waals surface area (Å²) in [7, 11) is 1.49. The fourth-order valence-electron chi connectivity index (χ4n) is 2.23. The van der Waals surface area contributed by atoms with Gasteiger partial charge in [0.2, 0.25) is 5.91 Å². The van der Waals surface area contributed by atoms with E-state index < -0.39 is 6.03 Å². The summed E-state index contributed by atoms with van der Waals surface area (Å²) in [6.07, 6.45) is 2.64. The smallest absolute Gasteiger partial charge is 0.321 e. The molecule has 0 radical (unpaired) electrons. The van der Waals surface area contributed by atoms with Crippen LogP contribution < -0.4 is 16.4 Å². The van der Waals surface area contributed by atoms with Gasteiger partial charge in [0.1, 0.15) is 0 Å². The Morgan fingerprint density at radius 2 is 2.22 bits per heavy atom. The molecule has 0 aromatic heterocycles. The number of nitrogens with one attached hydrogen (secondary N) is 2. The van der Waals surface area contributed by atoms with Gasteiger partial charge >= 0.3 is 6.03 Å². The van der Waals surface area contributed by atoms with Crippen LogP contribution in [0.1, 0.15) is 26.2 Å². The van der Waals surface area contributed by atoms with Crippen molar-refractivity contribution in [2.24, 2.45) is 11.7 Å². The number of imide groups is 1. The number of carbonyl (C=O) groups is 2. The zero-order valence-electron chi connectivity index (χ0n) is 11.2. The number of urea groups is 1. The zero-order chi connectivity index (χ0) is 13.5. The molecule has 2 unspecified atom stereocenters. The molecule has 104 valence electrons. The summed E-state index contributed by atoms with van der Waals surface area (Å²) in [6, 6.07) is -0.250. The van der Waals surface area contributed by atoms with Crippen molar-refractivity contribution in [2.45, 2.75) is 32.2 Å². The molecule has 0 aromatic carbocycles. The SMILES string of the molecule is CNC(=O)NC(=O)CCN1CCCC(C(C)N)C1. The second-order valence-electron chi connectivity index (χ2n) is 4.94. The van der Waals surface area contributed by atoms with Gasteiger partial charge in [-0.25, -0.2) is 4.79 Å². The summed E-state index contributed by atoms with van der Waals surface area (Å²) < 4.78 is 0. The Labute approximate surface area is 108 Å². The second-order valence-corrected chi connectivity index (χ2v) is 4.94. The van der Waals surface area contributed by atoms with Crippen LogP contribution in [0.3, 0.4) is 0 Å². The lowest BCUT2D eigenvalue weighted by atomic mass is 9.92. The highest BCUT2D eigenvalue weighted by Gasteiger charge is 2.22. The molecule has 1 heterocycles. The summed E-state index contributed by atoms with van der Waals surface area (Å²) in [6.45, 7) is 4.68. The minimum atomic E-state index is -0.452. The molecular formula is C12H24N4O2. The van der Waals surface area contributed by atoms with E-state index in [4.69, 9.17) is 5.73 Å². The van der Waals surface area contributed by atoms with Crippen LogP contribution in [0.2, 0.25) is 0 Å². The fraction of sp³-hybridized carbons (Fsp3) is 0.833. The molecule has 1 rings (SSSR count). The van der Waals surface area contributed by atoms with Crippen molar-refractivity contribution in [3.63, 3.8) is 0 Å². The quantitative estimate of drug-likeness (QED) is 0.655. The Morgan fingerprint density at radius 3 is 2.83 bits per heavy atom. The van der Waals surface area contributed by atoms with E-state index in [0.29, 0.717) is 18.9 Å². The van der Waals surface area contributed by atoms with Crippen LogP contribution in [0.5, 0.6) is 0 Å². The molecule has 1 saturated heterocycles.